The standard InChI is InChI=1S/C15H23N3O2S/c1-17-21(19,20)15-7-6-12(8-14(15)16)18-9-13(10-2-3-10)11-4-5-11/h6-8,10-11,13,17-18H,2-5,9,16H2,1H3. The van der Waals surface area contributed by atoms with E-state index in [1.54, 1.807) is 18.2 Å². The van der Waals surface area contributed by atoms with Crippen molar-refractivity contribution in [3.05, 3.63) is 18.2 Å². The molecule has 0 spiro atoms. The van der Waals surface area contributed by atoms with Gasteiger partial charge in [0.1, 0.15) is 4.90 Å². The first-order chi connectivity index (χ1) is 10.0. The number of sulfonamides is 1. The highest BCUT2D eigenvalue weighted by Gasteiger charge is 2.40. The van der Waals surface area contributed by atoms with Crippen molar-refractivity contribution < 1.29 is 8.42 Å². The van der Waals surface area contributed by atoms with E-state index in [2.05, 4.69) is 10.0 Å². The lowest BCUT2D eigenvalue weighted by molar-refractivity contribution is 0.428. The van der Waals surface area contributed by atoms with Crippen molar-refractivity contribution in [1.29, 1.82) is 0 Å². The molecule has 6 heteroatoms. The lowest BCUT2D eigenvalue weighted by Gasteiger charge is -2.17. The molecular weight excluding hydrogens is 286 g/mol. The minimum Gasteiger partial charge on any atom is -0.398 e. The molecule has 0 atom stereocenters. The van der Waals surface area contributed by atoms with E-state index in [9.17, 15) is 8.42 Å². The molecule has 2 aliphatic carbocycles. The molecular formula is C15H23N3O2S. The smallest absolute Gasteiger partial charge is 0.242 e. The van der Waals surface area contributed by atoms with Crippen molar-refractivity contribution in [2.24, 2.45) is 17.8 Å². The van der Waals surface area contributed by atoms with Crippen LogP contribution in [-0.4, -0.2) is 22.0 Å². The van der Waals surface area contributed by atoms with E-state index in [1.165, 1.54) is 32.7 Å². The maximum Gasteiger partial charge on any atom is 0.242 e. The van der Waals surface area contributed by atoms with Crippen molar-refractivity contribution in [2.75, 3.05) is 24.6 Å². The molecule has 2 fully saturated rings. The normalized spacial score (nSPS) is 19.0. The van der Waals surface area contributed by atoms with Crippen LogP contribution < -0.4 is 15.8 Å². The van der Waals surface area contributed by atoms with Crippen molar-refractivity contribution in [1.82, 2.24) is 4.72 Å². The lowest BCUT2D eigenvalue weighted by atomic mass is 9.98. The predicted octanol–water partition coefficient (Wildman–Crippen LogP) is 2.02. The molecule has 0 aliphatic heterocycles. The largest absolute Gasteiger partial charge is 0.398 e. The van der Waals surface area contributed by atoms with Crippen LogP contribution >= 0.6 is 0 Å². The number of hydrogen-bond acceptors (Lipinski definition) is 4. The molecule has 2 aliphatic rings. The summed E-state index contributed by atoms with van der Waals surface area (Å²) in [7, 11) is -2.10. The molecule has 116 valence electrons. The van der Waals surface area contributed by atoms with Crippen molar-refractivity contribution in [2.45, 2.75) is 30.6 Å². The molecule has 0 aromatic heterocycles. The number of rotatable bonds is 7. The molecule has 0 unspecified atom stereocenters. The van der Waals surface area contributed by atoms with Crippen LogP contribution in [0.2, 0.25) is 0 Å². The Balaban J connectivity index is 1.67. The van der Waals surface area contributed by atoms with Gasteiger partial charge >= 0.3 is 0 Å². The maximum absolute atomic E-state index is 11.8. The second kappa shape index (κ2) is 5.50. The monoisotopic (exact) mass is 309 g/mol. The van der Waals surface area contributed by atoms with Crippen molar-refractivity contribution >= 4 is 21.4 Å². The van der Waals surface area contributed by atoms with E-state index in [0.29, 0.717) is 0 Å². The highest BCUT2D eigenvalue weighted by Crippen LogP contribution is 2.49. The molecule has 5 nitrogen and oxygen atoms in total. The lowest BCUT2D eigenvalue weighted by Crippen LogP contribution is -2.20. The van der Waals surface area contributed by atoms with Crippen molar-refractivity contribution in [3.63, 3.8) is 0 Å². The van der Waals surface area contributed by atoms with Gasteiger partial charge in [-0.25, -0.2) is 13.1 Å². The molecule has 0 bridgehead atoms. The van der Waals surface area contributed by atoms with Crippen LogP contribution in [0.25, 0.3) is 0 Å². The third-order valence-corrected chi connectivity index (χ3v) is 6.05. The van der Waals surface area contributed by atoms with Gasteiger partial charge in [-0.15, -0.1) is 0 Å². The summed E-state index contributed by atoms with van der Waals surface area (Å²) in [5.74, 6) is 2.56. The Morgan fingerprint density at radius 2 is 1.86 bits per heavy atom. The van der Waals surface area contributed by atoms with E-state index >= 15 is 0 Å². The second-order valence-corrected chi connectivity index (χ2v) is 8.03. The first-order valence-corrected chi connectivity index (χ1v) is 9.06. The minimum absolute atomic E-state index is 0.136. The third kappa shape index (κ3) is 3.32. The summed E-state index contributed by atoms with van der Waals surface area (Å²) >= 11 is 0. The maximum atomic E-state index is 11.8. The summed E-state index contributed by atoms with van der Waals surface area (Å²) in [4.78, 5) is 0.136. The zero-order chi connectivity index (χ0) is 15.0. The Bertz CT molecular complexity index is 610. The van der Waals surface area contributed by atoms with Gasteiger partial charge < -0.3 is 11.1 Å². The highest BCUT2D eigenvalue weighted by atomic mass is 32.2. The molecule has 0 radical (unpaired) electrons. The molecule has 0 amide bonds. The molecule has 0 saturated heterocycles. The number of nitrogens with one attached hydrogen (secondary N) is 2. The first kappa shape index (κ1) is 14.7. The van der Waals surface area contributed by atoms with Gasteiger partial charge in [-0.1, -0.05) is 0 Å². The van der Waals surface area contributed by atoms with E-state index < -0.39 is 10.0 Å². The van der Waals surface area contributed by atoms with Gasteiger partial charge in [-0.3, -0.25) is 0 Å². The molecule has 3 rings (SSSR count). The minimum atomic E-state index is -3.49. The van der Waals surface area contributed by atoms with Gasteiger partial charge in [-0.2, -0.15) is 0 Å². The Kier molecular flexibility index (Phi) is 3.84. The summed E-state index contributed by atoms with van der Waals surface area (Å²) in [6.45, 7) is 0.965. The van der Waals surface area contributed by atoms with Crippen molar-refractivity contribution in [3.8, 4) is 0 Å². The summed E-state index contributed by atoms with van der Waals surface area (Å²) in [6.07, 6.45) is 5.46. The first-order valence-electron chi connectivity index (χ1n) is 7.58. The van der Waals surface area contributed by atoms with E-state index in [-0.39, 0.29) is 10.6 Å². The third-order valence-electron chi connectivity index (χ3n) is 4.56. The van der Waals surface area contributed by atoms with Crippen LogP contribution in [0.15, 0.2) is 23.1 Å². The van der Waals surface area contributed by atoms with Gasteiger partial charge in [0.15, 0.2) is 0 Å². The fraction of sp³-hybridized carbons (Fsp3) is 0.600. The molecule has 21 heavy (non-hydrogen) atoms. The van der Waals surface area contributed by atoms with E-state index in [1.807, 2.05) is 0 Å². The number of hydrogen-bond donors (Lipinski definition) is 3. The SMILES string of the molecule is CNS(=O)(=O)c1ccc(NCC(C2CC2)C2CC2)cc1N. The fourth-order valence-electron chi connectivity index (χ4n) is 3.02. The van der Waals surface area contributed by atoms with E-state index in [4.69, 9.17) is 5.73 Å². The quantitative estimate of drug-likeness (QED) is 0.673. The topological polar surface area (TPSA) is 84.2 Å². The Morgan fingerprint density at radius 1 is 1.24 bits per heavy atom. The van der Waals surface area contributed by atoms with Gasteiger partial charge in [0.25, 0.3) is 0 Å². The molecule has 1 aromatic rings. The highest BCUT2D eigenvalue weighted by molar-refractivity contribution is 7.89. The van der Waals surface area contributed by atoms with Crippen LogP contribution in [0, 0.1) is 17.8 Å². The summed E-state index contributed by atoms with van der Waals surface area (Å²) in [6, 6.07) is 5.06. The zero-order valence-electron chi connectivity index (χ0n) is 12.3. The van der Waals surface area contributed by atoms with Gasteiger partial charge in [0.05, 0.1) is 5.69 Å². The summed E-state index contributed by atoms with van der Waals surface area (Å²) in [5, 5.41) is 3.43. The molecule has 4 N–H and O–H groups in total. The molecule has 1 aromatic carbocycles. The predicted molar refractivity (Wildman–Crippen MR) is 84.5 cm³/mol. The van der Waals surface area contributed by atoms with Gasteiger partial charge in [0, 0.05) is 12.2 Å². The summed E-state index contributed by atoms with van der Waals surface area (Å²) in [5.41, 5.74) is 7.05. The summed E-state index contributed by atoms with van der Waals surface area (Å²) < 4.78 is 25.9. The van der Waals surface area contributed by atoms with Crippen LogP contribution in [0.5, 0.6) is 0 Å². The second-order valence-electron chi connectivity index (χ2n) is 6.18. The average Bonchev–Trinajstić information content (AvgIpc) is 3.32. The number of anilines is 2. The van der Waals surface area contributed by atoms with Crippen LogP contribution in [0.4, 0.5) is 11.4 Å². The Hall–Kier alpha value is -1.27. The van der Waals surface area contributed by atoms with Crippen LogP contribution in [0.1, 0.15) is 25.7 Å². The molecule has 0 heterocycles. The van der Waals surface area contributed by atoms with Crippen LogP contribution in [-0.2, 0) is 10.0 Å². The van der Waals surface area contributed by atoms with Crippen LogP contribution in [0.3, 0.4) is 0 Å². The number of nitrogen functional groups attached to an aromatic ring is 1. The number of benzene rings is 1. The molecule has 2 saturated carbocycles. The Labute approximate surface area is 126 Å². The zero-order valence-corrected chi connectivity index (χ0v) is 13.1. The van der Waals surface area contributed by atoms with Gasteiger partial charge in [-0.05, 0) is 68.7 Å². The average molecular weight is 309 g/mol. The fourth-order valence-corrected chi connectivity index (χ4v) is 3.85. The Morgan fingerprint density at radius 3 is 2.33 bits per heavy atom. The van der Waals surface area contributed by atoms with E-state index in [0.717, 1.165) is 30.0 Å². The van der Waals surface area contributed by atoms with Gasteiger partial charge in [0.2, 0.25) is 10.0 Å². The number of nitrogens with two attached hydrogens (primary N) is 1.